The lowest BCUT2D eigenvalue weighted by molar-refractivity contribution is 0.337. The van der Waals surface area contributed by atoms with Gasteiger partial charge in [-0.2, -0.15) is 0 Å². The zero-order valence-electron chi connectivity index (χ0n) is 13.5. The van der Waals surface area contributed by atoms with E-state index in [0.29, 0.717) is 0 Å². The average Bonchev–Trinajstić information content (AvgIpc) is 2.41. The van der Waals surface area contributed by atoms with Crippen molar-refractivity contribution in [2.75, 3.05) is 0 Å². The van der Waals surface area contributed by atoms with E-state index in [0.717, 1.165) is 5.62 Å². The van der Waals surface area contributed by atoms with Gasteiger partial charge in [0.15, 0.2) is 13.9 Å². The van der Waals surface area contributed by atoms with Crippen molar-refractivity contribution >= 4 is 8.24 Å². The highest BCUT2D eigenvalue weighted by Gasteiger charge is 2.23. The third kappa shape index (κ3) is 3.61. The van der Waals surface area contributed by atoms with E-state index in [1.54, 1.807) is 0 Å². The second-order valence-corrected chi connectivity index (χ2v) is 12.5. The second-order valence-electron chi connectivity index (χ2n) is 7.96. The van der Waals surface area contributed by atoms with Crippen molar-refractivity contribution in [2.45, 2.75) is 72.3 Å². The van der Waals surface area contributed by atoms with Crippen LogP contribution in [0, 0.1) is 0 Å². The monoisotopic (exact) mass is 267 g/mol. The van der Waals surface area contributed by atoms with Crippen LogP contribution in [-0.2, 0) is 11.1 Å². The van der Waals surface area contributed by atoms with Gasteiger partial charge in [0.1, 0.15) is 0 Å². The molecule has 0 unspecified atom stereocenters. The third-order valence-electron chi connectivity index (χ3n) is 2.68. The van der Waals surface area contributed by atoms with E-state index in [1.807, 2.05) is 0 Å². The van der Waals surface area contributed by atoms with Gasteiger partial charge < -0.3 is 9.13 Å². The van der Waals surface area contributed by atoms with Gasteiger partial charge in [-0.05, 0) is 61.2 Å². The highest BCUT2D eigenvalue weighted by molar-refractivity contribution is 6.74. The molecule has 1 heterocycles. The molecular weight excluding hydrogens is 238 g/mol. The number of imidazole rings is 1. The van der Waals surface area contributed by atoms with Gasteiger partial charge in [-0.1, -0.05) is 0 Å². The molecule has 0 amide bonds. The minimum Gasteiger partial charge on any atom is -0.313 e. The Morgan fingerprint density at radius 2 is 1.17 bits per heavy atom. The number of aromatic nitrogens is 2. The van der Waals surface area contributed by atoms with Gasteiger partial charge in [-0.15, -0.1) is 0 Å². The maximum atomic E-state index is 5.05. The van der Waals surface area contributed by atoms with Crippen LogP contribution < -0.4 is 5.62 Å². The third-order valence-corrected chi connectivity index (χ3v) is 3.55. The lowest BCUT2D eigenvalue weighted by Crippen LogP contribution is -2.42. The van der Waals surface area contributed by atoms with Crippen LogP contribution >= 0.6 is 0 Å². The zero-order valence-corrected chi connectivity index (χ0v) is 14.5. The summed E-state index contributed by atoms with van der Waals surface area (Å²) in [6, 6.07) is 0. The van der Waals surface area contributed by atoms with Crippen molar-refractivity contribution in [3.05, 3.63) is 18.0 Å². The Morgan fingerprint density at radius 3 is 1.39 bits per heavy atom. The topological polar surface area (TPSA) is 22.2 Å². The molecule has 0 bridgehead atoms. The van der Waals surface area contributed by atoms with Crippen molar-refractivity contribution in [3.8, 4) is 0 Å². The first-order valence-electron chi connectivity index (χ1n) is 6.69. The van der Waals surface area contributed by atoms with Crippen LogP contribution in [0.2, 0.25) is 19.6 Å². The van der Waals surface area contributed by atoms with E-state index in [4.69, 9.17) is 4.66 Å². The van der Waals surface area contributed by atoms with Gasteiger partial charge in [0.25, 0.3) is 0 Å². The highest BCUT2D eigenvalue weighted by Crippen LogP contribution is 2.16. The Balaban J connectivity index is 3.62. The molecule has 0 atom stereocenters. The molecule has 1 rings (SSSR count). The first kappa shape index (κ1) is 15.3. The predicted octanol–water partition coefficient (Wildman–Crippen LogP) is 3.54. The average molecular weight is 267 g/mol. The van der Waals surface area contributed by atoms with Gasteiger partial charge in [0.05, 0.1) is 0 Å². The molecule has 0 N–H and O–H groups in total. The quantitative estimate of drug-likeness (QED) is 0.695. The molecule has 1 aromatic rings. The van der Waals surface area contributed by atoms with Gasteiger partial charge in [-0.3, -0.25) is 4.66 Å². The summed E-state index contributed by atoms with van der Waals surface area (Å²) in [6.07, 6.45) is 4.31. The van der Waals surface area contributed by atoms with Gasteiger partial charge >= 0.3 is 0 Å². The molecule has 4 heteroatoms. The van der Waals surface area contributed by atoms with E-state index >= 15 is 0 Å². The second kappa shape index (κ2) is 4.40. The van der Waals surface area contributed by atoms with E-state index in [9.17, 15) is 0 Å². The summed E-state index contributed by atoms with van der Waals surface area (Å²) in [5.74, 6) is 0. The lowest BCUT2D eigenvalue weighted by Gasteiger charge is -2.26. The minimum absolute atomic E-state index is 0.0645. The number of hydrogen-bond donors (Lipinski definition) is 0. The first-order chi connectivity index (χ1) is 7.82. The molecule has 0 aliphatic carbocycles. The summed E-state index contributed by atoms with van der Waals surface area (Å²) >= 11 is 0. The van der Waals surface area contributed by atoms with Gasteiger partial charge in [0, 0.05) is 23.5 Å². The summed E-state index contributed by atoms with van der Waals surface area (Å²) in [6.45, 7) is 20.2. The van der Waals surface area contributed by atoms with Crippen molar-refractivity contribution in [1.82, 2.24) is 9.13 Å². The summed E-state index contributed by atoms with van der Waals surface area (Å²) in [7, 11) is -1.50. The van der Waals surface area contributed by atoms with Crippen LogP contribution in [0.15, 0.2) is 17.1 Å². The van der Waals surface area contributed by atoms with E-state index in [2.05, 4.69) is 82.7 Å². The molecule has 0 radical (unpaired) electrons. The summed E-state index contributed by atoms with van der Waals surface area (Å²) in [5.41, 5.74) is 1.23. The molecule has 0 saturated carbocycles. The van der Waals surface area contributed by atoms with Crippen molar-refractivity contribution < 1.29 is 0 Å². The largest absolute Gasteiger partial charge is 0.313 e. The molecule has 0 aliphatic heterocycles. The van der Waals surface area contributed by atoms with E-state index in [-0.39, 0.29) is 11.1 Å². The molecule has 0 saturated heterocycles. The van der Waals surface area contributed by atoms with E-state index < -0.39 is 8.24 Å². The zero-order chi connectivity index (χ0) is 14.4. The maximum absolute atomic E-state index is 5.05. The van der Waals surface area contributed by atoms with Crippen LogP contribution in [0.3, 0.4) is 0 Å². The van der Waals surface area contributed by atoms with Crippen LogP contribution in [0.4, 0.5) is 0 Å². The predicted molar refractivity (Wildman–Crippen MR) is 81.3 cm³/mol. The first-order valence-corrected chi connectivity index (χ1v) is 10.1. The molecule has 0 aromatic carbocycles. The molecule has 1 aromatic heterocycles. The lowest BCUT2D eigenvalue weighted by atomic mass is 10.1. The number of nitrogens with zero attached hydrogens (tertiary/aromatic N) is 3. The fraction of sp³-hybridized carbons (Fsp3) is 0.786. The molecule has 3 nitrogen and oxygen atoms in total. The SMILES string of the molecule is CC(C)(C)n1ccn(C(C)(C)C)c1=N[Si](C)(C)C. The summed E-state index contributed by atoms with van der Waals surface area (Å²) < 4.78 is 9.63. The Morgan fingerprint density at radius 1 is 0.833 bits per heavy atom. The minimum atomic E-state index is -1.50. The van der Waals surface area contributed by atoms with Crippen LogP contribution in [0.25, 0.3) is 0 Å². The highest BCUT2D eigenvalue weighted by atomic mass is 28.3. The Hall–Kier alpha value is -0.773. The normalized spacial score (nSPS) is 13.8. The number of hydrogen-bond acceptors (Lipinski definition) is 1. The molecule has 0 aliphatic rings. The molecule has 0 spiro atoms. The fourth-order valence-electron chi connectivity index (χ4n) is 1.84. The molecule has 18 heavy (non-hydrogen) atoms. The van der Waals surface area contributed by atoms with Crippen LogP contribution in [0.5, 0.6) is 0 Å². The Labute approximate surface area is 113 Å². The van der Waals surface area contributed by atoms with Crippen LogP contribution in [-0.4, -0.2) is 17.4 Å². The molecular formula is C14H29N3Si. The van der Waals surface area contributed by atoms with Crippen molar-refractivity contribution in [1.29, 1.82) is 0 Å². The summed E-state index contributed by atoms with van der Waals surface area (Å²) in [5, 5.41) is 0. The number of rotatable bonds is 1. The molecule has 0 fully saturated rings. The maximum Gasteiger partial charge on any atom is 0.196 e. The van der Waals surface area contributed by atoms with Crippen molar-refractivity contribution in [2.24, 2.45) is 4.66 Å². The van der Waals surface area contributed by atoms with Gasteiger partial charge in [0.2, 0.25) is 0 Å². The standard InChI is InChI=1S/C14H29N3Si/c1-13(2,3)16-10-11-17(14(4,5)6)12(16)15-18(7,8)9/h10-11H,1-9H3. The van der Waals surface area contributed by atoms with Crippen LogP contribution in [0.1, 0.15) is 41.5 Å². The van der Waals surface area contributed by atoms with Gasteiger partial charge in [-0.25, -0.2) is 0 Å². The Bertz CT molecular complexity index is 438. The van der Waals surface area contributed by atoms with E-state index in [1.165, 1.54) is 0 Å². The smallest absolute Gasteiger partial charge is 0.196 e. The summed E-state index contributed by atoms with van der Waals surface area (Å²) in [4.78, 5) is 0. The Kier molecular flexibility index (Phi) is 3.74. The molecule has 104 valence electrons. The fourth-order valence-corrected chi connectivity index (χ4v) is 2.65. The van der Waals surface area contributed by atoms with Crippen molar-refractivity contribution in [3.63, 3.8) is 0 Å².